The van der Waals surface area contributed by atoms with Crippen LogP contribution in [0, 0.1) is 32.5 Å². The van der Waals surface area contributed by atoms with Crippen molar-refractivity contribution < 1.29 is 57.4 Å². The second-order valence-corrected chi connectivity index (χ2v) is 16.6. The summed E-state index contributed by atoms with van der Waals surface area (Å²) in [5.41, 5.74) is 5.77. The Kier molecular flexibility index (Phi) is 8.61. The Morgan fingerprint density at radius 1 is 1.24 bits per heavy atom. The normalized spacial score (nSPS) is 25.4. The number of ether oxygens (including phenoxy) is 3. The molecule has 16 heteroatoms. The molecule has 0 aliphatic carbocycles. The first-order valence-corrected chi connectivity index (χ1v) is 19.3. The summed E-state index contributed by atoms with van der Waals surface area (Å²) < 4.78 is 95.4. The molecule has 3 fully saturated rings. The van der Waals surface area contributed by atoms with Gasteiger partial charge in [0.1, 0.15) is 0 Å². The van der Waals surface area contributed by atoms with Gasteiger partial charge < -0.3 is 0 Å². The molecule has 8 nitrogen and oxygen atoms in total. The second-order valence-electron chi connectivity index (χ2n) is 12.8. The molecule has 0 radical (unpaired) electrons. The van der Waals surface area contributed by atoms with Crippen molar-refractivity contribution in [2.75, 3.05) is 51.8 Å². The fourth-order valence-electron chi connectivity index (χ4n) is 7.69. The predicted molar refractivity (Wildman–Crippen MR) is 170 cm³/mol. The molecule has 1 unspecified atom stereocenters. The van der Waals surface area contributed by atoms with Gasteiger partial charge in [-0.2, -0.15) is 0 Å². The minimum atomic E-state index is -2.77. The molecule has 260 valence electrons. The van der Waals surface area contributed by atoms with E-state index in [-0.39, 0.29) is 82.5 Å². The van der Waals surface area contributed by atoms with E-state index >= 15 is 4.39 Å². The van der Waals surface area contributed by atoms with Crippen molar-refractivity contribution in [3.63, 3.8) is 0 Å². The number of benzene rings is 2. The number of rotatable bonds is 7. The zero-order valence-corrected chi connectivity index (χ0v) is 29.5. The van der Waals surface area contributed by atoms with Crippen LogP contribution in [0.25, 0.3) is 21.2 Å². The van der Waals surface area contributed by atoms with Gasteiger partial charge in [0, 0.05) is 0 Å². The minimum absolute atomic E-state index is 0.00450. The van der Waals surface area contributed by atoms with Crippen LogP contribution < -0.4 is 31.7 Å². The number of anilines is 1. The van der Waals surface area contributed by atoms with Crippen LogP contribution in [0.2, 0.25) is 5.02 Å². The molecule has 3 aromatic rings. The summed E-state index contributed by atoms with van der Waals surface area (Å²) in [4.78, 5) is 8.36. The molecule has 6 heterocycles. The third kappa shape index (κ3) is 5.44. The van der Waals surface area contributed by atoms with Crippen molar-refractivity contribution in [2.45, 2.75) is 43.4 Å². The van der Waals surface area contributed by atoms with Gasteiger partial charge in [-0.25, -0.2) is 0 Å². The van der Waals surface area contributed by atoms with Crippen LogP contribution in [0.15, 0.2) is 27.1 Å². The van der Waals surface area contributed by atoms with E-state index in [4.69, 9.17) is 36.5 Å². The van der Waals surface area contributed by atoms with E-state index in [1.54, 1.807) is 4.08 Å². The molecule has 0 spiro atoms. The van der Waals surface area contributed by atoms with Crippen LogP contribution in [0.4, 0.5) is 27.0 Å². The first-order chi connectivity index (χ1) is 23.6. The fourth-order valence-corrected chi connectivity index (χ4v) is 11.2. The summed E-state index contributed by atoms with van der Waals surface area (Å²) in [7, 11) is 0. The van der Waals surface area contributed by atoms with Crippen molar-refractivity contribution in [1.82, 2.24) is 9.80 Å². The Hall–Kier alpha value is -2.91. The molecule has 5 aliphatic heterocycles. The van der Waals surface area contributed by atoms with Crippen LogP contribution >= 0.6 is 22.9 Å². The number of hydrogen-bond acceptors (Lipinski definition) is 9. The number of fused-ring (bicyclic) bond motifs is 2. The SMILES string of the molecule is N#Cc1c(N)sc2c(F)ccc(-c3c(F)c4c5c(c3Cl)OCC(C3COC3)N(CC(F)F)C5=NC(OC[C@@]35CCCN3C[C@H](F)C5)=C[I-]4)c12. The molecule has 8 rings (SSSR count). The Morgan fingerprint density at radius 3 is 2.80 bits per heavy atom. The molecule has 2 aromatic carbocycles. The van der Waals surface area contributed by atoms with Gasteiger partial charge in [0.15, 0.2) is 0 Å². The molecular formula is C33H29ClF5IN5O3S-. The number of hydrogen-bond donors (Lipinski definition) is 1. The van der Waals surface area contributed by atoms with Gasteiger partial charge in [-0.1, -0.05) is 0 Å². The average molecular weight is 833 g/mol. The van der Waals surface area contributed by atoms with Gasteiger partial charge in [0.25, 0.3) is 0 Å². The molecule has 3 atom stereocenters. The number of halogens is 7. The van der Waals surface area contributed by atoms with Crippen LogP contribution in [0.5, 0.6) is 5.75 Å². The number of nitriles is 1. The van der Waals surface area contributed by atoms with Crippen molar-refractivity contribution in [3.05, 3.63) is 53.5 Å². The van der Waals surface area contributed by atoms with Crippen molar-refractivity contribution in [1.29, 1.82) is 5.26 Å². The van der Waals surface area contributed by atoms with Gasteiger partial charge in [-0.15, -0.1) is 0 Å². The van der Waals surface area contributed by atoms with Crippen molar-refractivity contribution in [3.8, 4) is 22.9 Å². The number of aliphatic imine (C=N–C) groups is 1. The van der Waals surface area contributed by atoms with Crippen molar-refractivity contribution >= 4 is 43.9 Å². The number of amidine groups is 1. The monoisotopic (exact) mass is 832 g/mol. The first-order valence-electron chi connectivity index (χ1n) is 15.8. The van der Waals surface area contributed by atoms with Gasteiger partial charge in [0.2, 0.25) is 0 Å². The third-order valence-electron chi connectivity index (χ3n) is 10.0. The Bertz CT molecular complexity index is 1970. The summed E-state index contributed by atoms with van der Waals surface area (Å²) in [5, 5.41) is 9.96. The van der Waals surface area contributed by atoms with Crippen LogP contribution in [-0.2, 0) is 9.47 Å². The zero-order chi connectivity index (χ0) is 34.2. The zero-order valence-electron chi connectivity index (χ0n) is 25.8. The number of thiophene rings is 1. The summed E-state index contributed by atoms with van der Waals surface area (Å²) >= 11 is 6.51. The number of nitrogens with two attached hydrogens (primary N) is 1. The quantitative estimate of drug-likeness (QED) is 0.222. The van der Waals surface area contributed by atoms with Crippen molar-refractivity contribution in [2.24, 2.45) is 10.9 Å². The number of nitrogens with zero attached hydrogens (tertiary/aromatic N) is 4. The van der Waals surface area contributed by atoms with Gasteiger partial charge in [0.05, 0.1) is 0 Å². The number of nitrogen functional groups attached to an aromatic ring is 1. The molecule has 0 amide bonds. The second kappa shape index (κ2) is 12.7. The van der Waals surface area contributed by atoms with E-state index in [1.165, 1.54) is 11.0 Å². The van der Waals surface area contributed by atoms with Crippen LogP contribution in [-0.4, -0.2) is 85.9 Å². The fraction of sp³-hybridized carbons (Fsp3) is 0.455. The molecule has 0 saturated carbocycles. The van der Waals surface area contributed by atoms with Gasteiger partial charge in [-0.05, 0) is 0 Å². The van der Waals surface area contributed by atoms with Gasteiger partial charge in [-0.3, -0.25) is 0 Å². The molecule has 5 aliphatic rings. The van der Waals surface area contributed by atoms with Gasteiger partial charge >= 0.3 is 299 Å². The standard InChI is InChI=1S/C33H29ClF5IN5O3S/c34-26-24(17-2-3-19(36)30-23(17)18(8-41)31(42)49-30)27(39)28-25-29(26)47-13-20(15-11-46-12-15)45(10-21(37)38)32(25)43-22(7-40-28)48-14-33-4-1-5-44(33)9-16(35)6-33/h2-3,7,15-16,20-21H,1,4-6,9-14,42H2/q-1/t16-,20?,33+/m1/s1. The molecule has 0 bridgehead atoms. The van der Waals surface area contributed by atoms with E-state index in [0.29, 0.717) is 26.2 Å². The average Bonchev–Trinajstić information content (AvgIpc) is 3.59. The predicted octanol–water partition coefficient (Wildman–Crippen LogP) is 3.34. The van der Waals surface area contributed by atoms with E-state index in [2.05, 4.69) is 4.90 Å². The number of alkyl halides is 3. The maximum atomic E-state index is 17.2. The van der Waals surface area contributed by atoms with Crippen LogP contribution in [0.1, 0.15) is 30.4 Å². The molecule has 2 N–H and O–H groups in total. The molecule has 3 saturated heterocycles. The Labute approximate surface area is 297 Å². The maximum absolute atomic E-state index is 17.2. The van der Waals surface area contributed by atoms with E-state index < -0.39 is 63.6 Å². The Balaban J connectivity index is 1.31. The molecule has 1 aromatic heterocycles. The Morgan fingerprint density at radius 2 is 2.06 bits per heavy atom. The van der Waals surface area contributed by atoms with Crippen LogP contribution in [0.3, 0.4) is 0 Å². The summed E-state index contributed by atoms with van der Waals surface area (Å²) in [5.74, 6) is -1.32. The third-order valence-corrected chi connectivity index (χ3v) is 13.9. The van der Waals surface area contributed by atoms with E-state index in [9.17, 15) is 22.8 Å². The summed E-state index contributed by atoms with van der Waals surface area (Å²) in [6, 6.07) is 3.90. The van der Waals surface area contributed by atoms with E-state index in [1.807, 2.05) is 6.07 Å². The summed E-state index contributed by atoms with van der Waals surface area (Å²) in [6.45, 7) is 1.08. The first kappa shape index (κ1) is 33.2. The topological polar surface area (TPSA) is 96.3 Å². The molecule has 49 heavy (non-hydrogen) atoms. The van der Waals surface area contributed by atoms with E-state index in [0.717, 1.165) is 36.8 Å². The summed E-state index contributed by atoms with van der Waals surface area (Å²) in [6.07, 6.45) is -1.76. The molecular weight excluding hydrogens is 804 g/mol.